The first kappa shape index (κ1) is 21.6. The second-order valence-corrected chi connectivity index (χ2v) is 10.6. The predicted molar refractivity (Wildman–Crippen MR) is 106 cm³/mol. The lowest BCUT2D eigenvalue weighted by Gasteiger charge is -2.32. The highest BCUT2D eigenvalue weighted by Crippen LogP contribution is 2.29. The maximum absolute atomic E-state index is 12.8. The van der Waals surface area contributed by atoms with E-state index in [4.69, 9.17) is 5.73 Å². The number of carbonyl (C=O) groups is 1. The highest BCUT2D eigenvalue weighted by Gasteiger charge is 2.36. The van der Waals surface area contributed by atoms with Gasteiger partial charge in [-0.25, -0.2) is 8.42 Å². The summed E-state index contributed by atoms with van der Waals surface area (Å²) >= 11 is 1.28. The van der Waals surface area contributed by atoms with Crippen LogP contribution in [0, 0.1) is 18.8 Å². The van der Waals surface area contributed by atoms with Gasteiger partial charge in [-0.1, -0.05) is 6.42 Å². The Kier molecular flexibility index (Phi) is 7.50. The van der Waals surface area contributed by atoms with Gasteiger partial charge in [0.15, 0.2) is 0 Å². The number of thiophene rings is 1. The zero-order valence-electron chi connectivity index (χ0n) is 15.0. The largest absolute Gasteiger partial charge is 0.353 e. The van der Waals surface area contributed by atoms with Crippen molar-refractivity contribution in [1.29, 1.82) is 0 Å². The van der Waals surface area contributed by atoms with Gasteiger partial charge < -0.3 is 11.1 Å². The van der Waals surface area contributed by atoms with E-state index in [1.54, 1.807) is 6.07 Å². The van der Waals surface area contributed by atoms with E-state index in [1.165, 1.54) is 15.6 Å². The van der Waals surface area contributed by atoms with E-state index in [1.807, 2.05) is 13.0 Å². The van der Waals surface area contributed by atoms with Crippen molar-refractivity contribution in [2.75, 3.05) is 19.6 Å². The Morgan fingerprint density at radius 1 is 1.31 bits per heavy atom. The topological polar surface area (TPSA) is 92.5 Å². The number of carbonyl (C=O) groups excluding carboxylic acids is 1. The van der Waals surface area contributed by atoms with Crippen molar-refractivity contribution in [2.24, 2.45) is 17.6 Å². The summed E-state index contributed by atoms with van der Waals surface area (Å²) in [6.07, 6.45) is 4.57. The van der Waals surface area contributed by atoms with Crippen LogP contribution in [0.2, 0.25) is 0 Å². The van der Waals surface area contributed by atoms with E-state index >= 15 is 0 Å². The first-order chi connectivity index (χ1) is 11.9. The zero-order chi connectivity index (χ0) is 18.0. The van der Waals surface area contributed by atoms with E-state index < -0.39 is 10.0 Å². The summed E-state index contributed by atoms with van der Waals surface area (Å²) in [6, 6.07) is 3.62. The second kappa shape index (κ2) is 9.01. The fourth-order valence-corrected chi connectivity index (χ4v) is 6.82. The van der Waals surface area contributed by atoms with Crippen LogP contribution in [0.1, 0.15) is 37.0 Å². The minimum atomic E-state index is -3.50. The molecular formula is C17H28ClN3O3S2. The van der Waals surface area contributed by atoms with Crippen LogP contribution in [0.25, 0.3) is 0 Å². The van der Waals surface area contributed by atoms with Gasteiger partial charge in [0.2, 0.25) is 5.91 Å². The SMILES string of the molecule is Cc1ccc(S(=O)(=O)N2CCCC(C(=O)NC3CCCC3CN)C2)s1.Cl. The van der Waals surface area contributed by atoms with Gasteiger partial charge in [-0.3, -0.25) is 4.79 Å². The number of piperidine rings is 1. The summed E-state index contributed by atoms with van der Waals surface area (Å²) < 4.78 is 27.4. The molecule has 2 heterocycles. The van der Waals surface area contributed by atoms with Gasteiger partial charge in [0.05, 0.1) is 5.92 Å². The van der Waals surface area contributed by atoms with Gasteiger partial charge in [-0.15, -0.1) is 23.7 Å². The molecule has 6 nitrogen and oxygen atoms in total. The van der Waals surface area contributed by atoms with Crippen LogP contribution >= 0.6 is 23.7 Å². The Bertz CT molecular complexity index is 723. The third kappa shape index (κ3) is 4.59. The summed E-state index contributed by atoms with van der Waals surface area (Å²) in [5.41, 5.74) is 5.79. The molecule has 2 fully saturated rings. The lowest BCUT2D eigenvalue weighted by atomic mass is 9.97. The smallest absolute Gasteiger partial charge is 0.252 e. The molecule has 0 aromatic carbocycles. The lowest BCUT2D eigenvalue weighted by molar-refractivity contribution is -0.127. The molecule has 1 saturated heterocycles. The average Bonchev–Trinajstić information content (AvgIpc) is 3.24. The standard InChI is InChI=1S/C17H27N3O3S2.ClH/c1-12-7-8-16(24-12)25(22,23)20-9-3-5-14(11-20)17(21)19-15-6-2-4-13(15)10-18;/h7-8,13-15H,2-6,9-11,18H2,1H3,(H,19,21);1H. The molecule has 1 aromatic heterocycles. The van der Waals surface area contributed by atoms with Crippen LogP contribution in [0.5, 0.6) is 0 Å². The van der Waals surface area contributed by atoms with Crippen molar-refractivity contribution in [1.82, 2.24) is 9.62 Å². The molecule has 26 heavy (non-hydrogen) atoms. The first-order valence-corrected chi connectivity index (χ1v) is 11.2. The summed E-state index contributed by atoms with van der Waals surface area (Å²) in [5, 5.41) is 3.13. The first-order valence-electron chi connectivity index (χ1n) is 8.99. The minimum absolute atomic E-state index is 0. The molecule has 2 aliphatic rings. The van der Waals surface area contributed by atoms with Crippen molar-refractivity contribution in [3.8, 4) is 0 Å². The Labute approximate surface area is 166 Å². The number of nitrogens with two attached hydrogens (primary N) is 1. The number of amides is 1. The van der Waals surface area contributed by atoms with Crippen molar-refractivity contribution < 1.29 is 13.2 Å². The maximum Gasteiger partial charge on any atom is 0.252 e. The Balaban J connectivity index is 0.00000243. The highest BCUT2D eigenvalue weighted by molar-refractivity contribution is 7.91. The van der Waals surface area contributed by atoms with Crippen LogP contribution in [0.3, 0.4) is 0 Å². The van der Waals surface area contributed by atoms with E-state index in [0.29, 0.717) is 29.6 Å². The van der Waals surface area contributed by atoms with E-state index in [0.717, 1.165) is 30.6 Å². The molecule has 0 bridgehead atoms. The number of aryl methyl sites for hydroxylation is 1. The van der Waals surface area contributed by atoms with Gasteiger partial charge in [0.1, 0.15) is 4.21 Å². The van der Waals surface area contributed by atoms with Crippen molar-refractivity contribution >= 4 is 39.7 Å². The van der Waals surface area contributed by atoms with E-state index in [-0.39, 0.29) is 36.8 Å². The molecule has 3 N–H and O–H groups in total. The summed E-state index contributed by atoms with van der Waals surface area (Å²) in [5.74, 6) is 0.0534. The van der Waals surface area contributed by atoms with Crippen molar-refractivity contribution in [2.45, 2.75) is 49.3 Å². The van der Waals surface area contributed by atoms with Crippen LogP contribution < -0.4 is 11.1 Å². The van der Waals surface area contributed by atoms with Crippen molar-refractivity contribution in [3.05, 3.63) is 17.0 Å². The molecule has 0 radical (unpaired) electrons. The molecule has 1 aliphatic carbocycles. The number of hydrogen-bond acceptors (Lipinski definition) is 5. The summed E-state index contributed by atoms with van der Waals surface area (Å²) in [7, 11) is -3.50. The maximum atomic E-state index is 12.8. The highest BCUT2D eigenvalue weighted by atomic mass is 35.5. The molecule has 3 unspecified atom stereocenters. The number of nitrogens with zero attached hydrogens (tertiary/aromatic N) is 1. The molecule has 3 atom stereocenters. The quantitative estimate of drug-likeness (QED) is 0.761. The van der Waals surface area contributed by atoms with Crippen LogP contribution in [0.15, 0.2) is 16.3 Å². The van der Waals surface area contributed by atoms with Gasteiger partial charge in [0, 0.05) is 24.0 Å². The van der Waals surface area contributed by atoms with Crippen LogP contribution in [-0.4, -0.2) is 44.3 Å². The molecular weight excluding hydrogens is 394 g/mol. The summed E-state index contributed by atoms with van der Waals surface area (Å²) in [4.78, 5) is 13.6. The summed E-state index contributed by atoms with van der Waals surface area (Å²) in [6.45, 7) is 3.24. The number of rotatable bonds is 5. The van der Waals surface area contributed by atoms with Gasteiger partial charge >= 0.3 is 0 Å². The number of hydrogen-bond donors (Lipinski definition) is 2. The van der Waals surface area contributed by atoms with Crippen LogP contribution in [0.4, 0.5) is 0 Å². The zero-order valence-corrected chi connectivity index (χ0v) is 17.5. The van der Waals surface area contributed by atoms with Gasteiger partial charge in [-0.2, -0.15) is 4.31 Å². The number of halogens is 1. The minimum Gasteiger partial charge on any atom is -0.353 e. The molecule has 1 saturated carbocycles. The third-order valence-corrected chi connectivity index (χ3v) is 8.69. The number of sulfonamides is 1. The Morgan fingerprint density at radius 3 is 2.73 bits per heavy atom. The molecule has 1 amide bonds. The molecule has 148 valence electrons. The van der Waals surface area contributed by atoms with Gasteiger partial charge in [0.25, 0.3) is 10.0 Å². The Morgan fingerprint density at radius 2 is 2.08 bits per heavy atom. The monoisotopic (exact) mass is 421 g/mol. The lowest BCUT2D eigenvalue weighted by Crippen LogP contribution is -2.48. The second-order valence-electron chi connectivity index (χ2n) is 7.11. The number of nitrogens with one attached hydrogen (secondary N) is 1. The molecule has 3 rings (SSSR count). The average molecular weight is 422 g/mol. The normalized spacial score (nSPS) is 27.1. The predicted octanol–water partition coefficient (Wildman–Crippen LogP) is 2.12. The molecule has 1 aliphatic heterocycles. The van der Waals surface area contributed by atoms with Crippen LogP contribution in [-0.2, 0) is 14.8 Å². The van der Waals surface area contributed by atoms with E-state index in [9.17, 15) is 13.2 Å². The third-order valence-electron chi connectivity index (χ3n) is 5.35. The van der Waals surface area contributed by atoms with Crippen molar-refractivity contribution in [3.63, 3.8) is 0 Å². The fraction of sp³-hybridized carbons (Fsp3) is 0.706. The fourth-order valence-electron chi connectivity index (χ4n) is 3.86. The van der Waals surface area contributed by atoms with E-state index in [2.05, 4.69) is 5.32 Å². The molecule has 0 spiro atoms. The van der Waals surface area contributed by atoms with Gasteiger partial charge in [-0.05, 0) is 57.2 Å². The molecule has 1 aromatic rings. The Hall–Kier alpha value is -0.670. The molecule has 9 heteroatoms.